The lowest BCUT2D eigenvalue weighted by Crippen LogP contribution is -2.28. The Morgan fingerprint density at radius 3 is 2.90 bits per heavy atom. The molecule has 4 rings (SSSR count). The first kappa shape index (κ1) is 19.6. The first-order valence-corrected chi connectivity index (χ1v) is 11.2. The van der Waals surface area contributed by atoms with Gasteiger partial charge in [0.15, 0.2) is 0 Å². The van der Waals surface area contributed by atoms with Crippen molar-refractivity contribution < 1.29 is 4.79 Å². The molecule has 3 aromatic rings. The minimum absolute atomic E-state index is 0.110. The summed E-state index contributed by atoms with van der Waals surface area (Å²) in [5.41, 5.74) is 5.52. The maximum atomic E-state index is 12.4. The molecule has 1 amide bonds. The van der Waals surface area contributed by atoms with Crippen LogP contribution in [0.15, 0.2) is 52.2 Å². The Morgan fingerprint density at radius 1 is 1.34 bits per heavy atom. The zero-order valence-electron chi connectivity index (χ0n) is 16.0. The van der Waals surface area contributed by atoms with Gasteiger partial charge >= 0.3 is 0 Å². The number of carbonyl (C=O) groups is 1. The van der Waals surface area contributed by atoms with Crippen LogP contribution >= 0.6 is 23.1 Å². The quantitative estimate of drug-likeness (QED) is 0.620. The van der Waals surface area contributed by atoms with Crippen LogP contribution in [0.1, 0.15) is 16.8 Å². The van der Waals surface area contributed by atoms with Crippen molar-refractivity contribution in [2.24, 2.45) is 0 Å². The highest BCUT2D eigenvalue weighted by Gasteiger charge is 2.25. The van der Waals surface area contributed by atoms with Gasteiger partial charge in [0, 0.05) is 36.5 Å². The minimum atomic E-state index is -0.110. The fourth-order valence-electron chi connectivity index (χ4n) is 3.46. The second kappa shape index (κ2) is 8.78. The molecule has 0 bridgehead atoms. The van der Waals surface area contributed by atoms with Gasteiger partial charge in [-0.2, -0.15) is 16.6 Å². The fraction of sp³-hybridized carbons (Fsp3) is 0.227. The highest BCUT2D eigenvalue weighted by molar-refractivity contribution is 8.00. The minimum Gasteiger partial charge on any atom is -0.325 e. The predicted molar refractivity (Wildman–Crippen MR) is 118 cm³/mol. The van der Waals surface area contributed by atoms with Crippen molar-refractivity contribution in [1.82, 2.24) is 9.88 Å². The maximum absolute atomic E-state index is 12.4. The van der Waals surface area contributed by atoms with Gasteiger partial charge in [0.1, 0.15) is 11.1 Å². The van der Waals surface area contributed by atoms with Crippen molar-refractivity contribution in [2.45, 2.75) is 18.0 Å². The summed E-state index contributed by atoms with van der Waals surface area (Å²) in [4.78, 5) is 19.4. The van der Waals surface area contributed by atoms with E-state index < -0.39 is 0 Å². The van der Waals surface area contributed by atoms with E-state index in [1.807, 2.05) is 41.8 Å². The van der Waals surface area contributed by atoms with Crippen molar-refractivity contribution in [3.63, 3.8) is 0 Å². The van der Waals surface area contributed by atoms with Gasteiger partial charge in [-0.05, 0) is 47.1 Å². The number of amides is 1. The van der Waals surface area contributed by atoms with Gasteiger partial charge in [0.2, 0.25) is 5.91 Å². The zero-order valence-corrected chi connectivity index (χ0v) is 17.6. The molecule has 0 aliphatic carbocycles. The number of para-hydroxylation sites is 1. The lowest BCUT2D eigenvalue weighted by Gasteiger charge is -2.27. The van der Waals surface area contributed by atoms with Crippen LogP contribution in [-0.2, 0) is 17.8 Å². The van der Waals surface area contributed by atoms with Gasteiger partial charge in [0.25, 0.3) is 0 Å². The average molecular weight is 421 g/mol. The normalized spacial score (nSPS) is 13.5. The molecule has 1 aliphatic heterocycles. The molecule has 0 saturated heterocycles. The second-order valence-electron chi connectivity index (χ2n) is 6.91. The Hall–Kier alpha value is -2.66. The van der Waals surface area contributed by atoms with Crippen molar-refractivity contribution in [2.75, 3.05) is 24.7 Å². The van der Waals surface area contributed by atoms with Crippen molar-refractivity contribution in [3.8, 4) is 17.2 Å². The van der Waals surface area contributed by atoms with Gasteiger partial charge in [-0.25, -0.2) is 4.98 Å². The number of hydrogen-bond donors (Lipinski definition) is 1. The topological polar surface area (TPSA) is 69.0 Å². The molecule has 0 unspecified atom stereocenters. The van der Waals surface area contributed by atoms with Gasteiger partial charge in [-0.1, -0.05) is 30.0 Å². The number of carbonyl (C=O) groups excluding carboxylic acids is 1. The Kier molecular flexibility index (Phi) is 5.95. The fourth-order valence-corrected chi connectivity index (χ4v) is 4.91. The first-order chi connectivity index (χ1) is 14.2. The van der Waals surface area contributed by atoms with Crippen LogP contribution in [0, 0.1) is 11.3 Å². The van der Waals surface area contributed by atoms with E-state index in [0.29, 0.717) is 10.6 Å². The average Bonchev–Trinajstić information content (AvgIpc) is 3.26. The molecular weight excluding hydrogens is 400 g/mol. The molecule has 0 atom stereocenters. The summed E-state index contributed by atoms with van der Waals surface area (Å²) in [5.74, 6) is 0.0969. The number of thiophene rings is 1. The van der Waals surface area contributed by atoms with Gasteiger partial charge < -0.3 is 10.2 Å². The smallest absolute Gasteiger partial charge is 0.234 e. The molecule has 1 aromatic carbocycles. The van der Waals surface area contributed by atoms with Crippen LogP contribution in [-0.4, -0.2) is 35.1 Å². The third kappa shape index (κ3) is 4.35. The van der Waals surface area contributed by atoms with Crippen LogP contribution in [0.3, 0.4) is 0 Å². The number of thioether (sulfide) groups is 1. The van der Waals surface area contributed by atoms with E-state index in [-0.39, 0.29) is 11.7 Å². The number of nitriles is 1. The molecule has 0 saturated carbocycles. The van der Waals surface area contributed by atoms with E-state index in [4.69, 9.17) is 4.98 Å². The molecule has 1 N–H and O–H groups in total. The highest BCUT2D eigenvalue weighted by atomic mass is 32.2. The number of hydrogen-bond acceptors (Lipinski definition) is 6. The second-order valence-corrected chi connectivity index (χ2v) is 8.65. The largest absolute Gasteiger partial charge is 0.325 e. The number of nitrogens with one attached hydrogen (secondary N) is 1. The first-order valence-electron chi connectivity index (χ1n) is 9.30. The standard InChI is InChI=1S/C22H20N4OS2/c1-26-9-7-19-18(12-26)21(15-8-10-28-13-15)17(11-23)22(25-19)29-14-20(27)24-16-5-3-2-4-6-16/h2-6,8,10,13H,7,9,12,14H2,1H3,(H,24,27). The third-order valence-corrected chi connectivity index (χ3v) is 6.49. The molecule has 146 valence electrons. The Morgan fingerprint density at radius 2 is 2.17 bits per heavy atom. The van der Waals surface area contributed by atoms with Crippen LogP contribution < -0.4 is 5.32 Å². The van der Waals surface area contributed by atoms with Crippen molar-refractivity contribution >= 4 is 34.7 Å². The lowest BCUT2D eigenvalue weighted by molar-refractivity contribution is -0.113. The van der Waals surface area contributed by atoms with Crippen molar-refractivity contribution in [1.29, 1.82) is 5.26 Å². The van der Waals surface area contributed by atoms with Crippen LogP contribution in [0.5, 0.6) is 0 Å². The molecule has 1 aliphatic rings. The summed E-state index contributed by atoms with van der Waals surface area (Å²) in [5, 5.41) is 17.6. The molecule has 0 fully saturated rings. The number of fused-ring (bicyclic) bond motifs is 1. The number of pyridine rings is 1. The van der Waals surface area contributed by atoms with Crippen LogP contribution in [0.25, 0.3) is 11.1 Å². The van der Waals surface area contributed by atoms with E-state index in [0.717, 1.165) is 47.6 Å². The number of rotatable bonds is 5. The summed E-state index contributed by atoms with van der Waals surface area (Å²) in [7, 11) is 2.09. The van der Waals surface area contributed by atoms with Gasteiger partial charge in [0.05, 0.1) is 11.3 Å². The van der Waals surface area contributed by atoms with Crippen LogP contribution in [0.2, 0.25) is 0 Å². The van der Waals surface area contributed by atoms with E-state index in [2.05, 4.69) is 28.7 Å². The summed E-state index contributed by atoms with van der Waals surface area (Å²) in [6.45, 7) is 1.72. The molecule has 7 heteroatoms. The van der Waals surface area contributed by atoms with E-state index in [9.17, 15) is 10.1 Å². The zero-order chi connectivity index (χ0) is 20.2. The predicted octanol–water partition coefficient (Wildman–Crippen LogP) is 4.40. The highest BCUT2D eigenvalue weighted by Crippen LogP contribution is 2.37. The number of nitrogens with zero attached hydrogens (tertiary/aromatic N) is 3. The molecule has 3 heterocycles. The van der Waals surface area contributed by atoms with Crippen LogP contribution in [0.4, 0.5) is 5.69 Å². The molecule has 5 nitrogen and oxygen atoms in total. The summed E-state index contributed by atoms with van der Waals surface area (Å²) in [6.07, 6.45) is 0.846. The Labute approximate surface area is 178 Å². The number of benzene rings is 1. The maximum Gasteiger partial charge on any atom is 0.234 e. The number of likely N-dealkylation sites (N-methyl/N-ethyl adjacent to an activating group) is 1. The molecule has 0 radical (unpaired) electrons. The summed E-state index contributed by atoms with van der Waals surface area (Å²) < 4.78 is 0. The Bertz CT molecular complexity index is 1060. The Balaban J connectivity index is 1.64. The van der Waals surface area contributed by atoms with E-state index >= 15 is 0 Å². The number of anilines is 1. The monoisotopic (exact) mass is 420 g/mol. The number of aromatic nitrogens is 1. The molecular formula is C22H20N4OS2. The lowest BCUT2D eigenvalue weighted by atomic mass is 9.93. The third-order valence-electron chi connectivity index (χ3n) is 4.83. The van der Waals surface area contributed by atoms with Gasteiger partial charge in [-0.3, -0.25) is 4.79 Å². The summed E-state index contributed by atoms with van der Waals surface area (Å²) >= 11 is 2.94. The molecule has 29 heavy (non-hydrogen) atoms. The SMILES string of the molecule is CN1CCc2nc(SCC(=O)Nc3ccccc3)c(C#N)c(-c3ccsc3)c2C1. The molecule has 0 spiro atoms. The van der Waals surface area contributed by atoms with E-state index in [1.54, 1.807) is 11.3 Å². The van der Waals surface area contributed by atoms with Crippen molar-refractivity contribution in [3.05, 3.63) is 64.0 Å². The summed E-state index contributed by atoms with van der Waals surface area (Å²) in [6, 6.07) is 13.8. The van der Waals surface area contributed by atoms with E-state index in [1.165, 1.54) is 11.8 Å². The molecule has 2 aromatic heterocycles. The van der Waals surface area contributed by atoms with Gasteiger partial charge in [-0.15, -0.1) is 0 Å².